The number of hydrogen-bond donors (Lipinski definition) is 1. The molecule has 0 aromatic rings. The van der Waals surface area contributed by atoms with Gasteiger partial charge in [0.25, 0.3) is 0 Å². The fourth-order valence-electron chi connectivity index (χ4n) is 2.02. The van der Waals surface area contributed by atoms with E-state index in [1.165, 1.54) is 18.4 Å². The van der Waals surface area contributed by atoms with Crippen molar-refractivity contribution in [3.8, 4) is 0 Å². The van der Waals surface area contributed by atoms with E-state index in [0.717, 1.165) is 6.54 Å². The Morgan fingerprint density at radius 2 is 2.00 bits per heavy atom. The first kappa shape index (κ1) is 14.7. The molecule has 0 aliphatic carbocycles. The van der Waals surface area contributed by atoms with Gasteiger partial charge in [0.15, 0.2) is 0 Å². The Kier molecular flexibility index (Phi) is 5.21. The molecule has 0 spiro atoms. The van der Waals surface area contributed by atoms with Crippen LogP contribution >= 0.6 is 0 Å². The zero-order valence-corrected chi connectivity index (χ0v) is 12.3. The summed E-state index contributed by atoms with van der Waals surface area (Å²) in [6.45, 7) is 14.3. The van der Waals surface area contributed by atoms with E-state index in [4.69, 9.17) is 4.74 Å². The summed E-state index contributed by atoms with van der Waals surface area (Å²) in [5.74, 6) is 0.587. The topological polar surface area (TPSA) is 21.3 Å². The second-order valence-electron chi connectivity index (χ2n) is 6.56. The maximum Gasteiger partial charge on any atom is 0.0763 e. The largest absolute Gasteiger partial charge is 0.371 e. The van der Waals surface area contributed by atoms with E-state index >= 15 is 0 Å². The predicted molar refractivity (Wildman–Crippen MR) is 74.2 cm³/mol. The molecule has 1 rings (SSSR count). The van der Waals surface area contributed by atoms with Crippen LogP contribution in [0, 0.1) is 5.92 Å². The standard InChI is InChI=1S/C15H29NO/c1-11(2)13(10-16-15(4,5)6)9-14-8-7-12(3)17-14/h9,11-12,14,16H,7-8,10H2,1-6H3. The number of nitrogens with one attached hydrogen (secondary N) is 1. The van der Waals surface area contributed by atoms with Crippen LogP contribution in [0.15, 0.2) is 11.6 Å². The van der Waals surface area contributed by atoms with Gasteiger partial charge in [0, 0.05) is 12.1 Å². The summed E-state index contributed by atoms with van der Waals surface area (Å²) >= 11 is 0. The van der Waals surface area contributed by atoms with Crippen molar-refractivity contribution < 1.29 is 4.74 Å². The number of hydrogen-bond acceptors (Lipinski definition) is 2. The molecule has 0 bridgehead atoms. The summed E-state index contributed by atoms with van der Waals surface area (Å²) in [5, 5.41) is 3.56. The molecule has 1 heterocycles. The van der Waals surface area contributed by atoms with Crippen LogP contribution in [0.2, 0.25) is 0 Å². The first-order valence-corrected chi connectivity index (χ1v) is 6.89. The van der Waals surface area contributed by atoms with Gasteiger partial charge in [0.05, 0.1) is 12.2 Å². The highest BCUT2D eigenvalue weighted by molar-refractivity contribution is 5.11. The van der Waals surface area contributed by atoms with Crippen LogP contribution in [0.5, 0.6) is 0 Å². The van der Waals surface area contributed by atoms with Gasteiger partial charge in [-0.15, -0.1) is 0 Å². The van der Waals surface area contributed by atoms with Crippen LogP contribution in [0.4, 0.5) is 0 Å². The van der Waals surface area contributed by atoms with E-state index in [9.17, 15) is 0 Å². The van der Waals surface area contributed by atoms with E-state index in [1.807, 2.05) is 0 Å². The highest BCUT2D eigenvalue weighted by atomic mass is 16.5. The third-order valence-electron chi connectivity index (χ3n) is 3.23. The summed E-state index contributed by atoms with van der Waals surface area (Å²) < 4.78 is 5.87. The normalized spacial score (nSPS) is 26.9. The van der Waals surface area contributed by atoms with Gasteiger partial charge in [-0.25, -0.2) is 0 Å². The van der Waals surface area contributed by atoms with Gasteiger partial charge >= 0.3 is 0 Å². The Hall–Kier alpha value is -0.340. The zero-order valence-electron chi connectivity index (χ0n) is 12.3. The molecule has 0 aromatic heterocycles. The molecule has 1 saturated heterocycles. The van der Waals surface area contributed by atoms with Gasteiger partial charge < -0.3 is 10.1 Å². The van der Waals surface area contributed by atoms with Crippen LogP contribution in [0.1, 0.15) is 54.4 Å². The smallest absolute Gasteiger partial charge is 0.0763 e. The predicted octanol–water partition coefficient (Wildman–Crippen LogP) is 3.52. The second kappa shape index (κ2) is 6.01. The van der Waals surface area contributed by atoms with Crippen LogP contribution in [0.25, 0.3) is 0 Å². The molecule has 0 aromatic carbocycles. The molecule has 100 valence electrons. The van der Waals surface area contributed by atoms with Gasteiger partial charge in [-0.3, -0.25) is 0 Å². The average molecular weight is 239 g/mol. The Morgan fingerprint density at radius 3 is 2.41 bits per heavy atom. The molecule has 0 radical (unpaired) electrons. The summed E-state index contributed by atoms with van der Waals surface area (Å²) in [4.78, 5) is 0. The summed E-state index contributed by atoms with van der Waals surface area (Å²) in [5.41, 5.74) is 1.65. The molecular weight excluding hydrogens is 210 g/mol. The highest BCUT2D eigenvalue weighted by Crippen LogP contribution is 2.23. The fourth-order valence-corrected chi connectivity index (χ4v) is 2.02. The third kappa shape index (κ3) is 5.69. The first-order chi connectivity index (χ1) is 7.78. The van der Waals surface area contributed by atoms with Crippen molar-refractivity contribution in [3.63, 3.8) is 0 Å². The minimum atomic E-state index is 0.178. The van der Waals surface area contributed by atoms with Crippen molar-refractivity contribution in [2.75, 3.05) is 6.54 Å². The molecule has 0 saturated carbocycles. The molecule has 2 heteroatoms. The van der Waals surface area contributed by atoms with E-state index in [2.05, 4.69) is 52.9 Å². The lowest BCUT2D eigenvalue weighted by atomic mass is 9.99. The average Bonchev–Trinajstić information content (AvgIpc) is 2.56. The minimum absolute atomic E-state index is 0.178. The second-order valence-corrected chi connectivity index (χ2v) is 6.56. The Bertz CT molecular complexity index is 263. The van der Waals surface area contributed by atoms with Crippen molar-refractivity contribution in [2.45, 2.75) is 72.1 Å². The van der Waals surface area contributed by atoms with Crippen molar-refractivity contribution in [3.05, 3.63) is 11.6 Å². The monoisotopic (exact) mass is 239 g/mol. The first-order valence-electron chi connectivity index (χ1n) is 6.89. The SMILES string of the molecule is CC1CCC(C=C(CNC(C)(C)C)C(C)C)O1. The molecule has 17 heavy (non-hydrogen) atoms. The molecule has 0 amide bonds. The van der Waals surface area contributed by atoms with Crippen molar-refractivity contribution in [1.29, 1.82) is 0 Å². The zero-order chi connectivity index (χ0) is 13.1. The van der Waals surface area contributed by atoms with Gasteiger partial charge in [-0.1, -0.05) is 25.5 Å². The molecule has 2 nitrogen and oxygen atoms in total. The van der Waals surface area contributed by atoms with Crippen molar-refractivity contribution >= 4 is 0 Å². The van der Waals surface area contributed by atoms with Gasteiger partial charge in [0.2, 0.25) is 0 Å². The highest BCUT2D eigenvalue weighted by Gasteiger charge is 2.21. The number of rotatable bonds is 4. The molecule has 1 N–H and O–H groups in total. The molecule has 1 aliphatic heterocycles. The lowest BCUT2D eigenvalue weighted by Gasteiger charge is -2.24. The lowest BCUT2D eigenvalue weighted by molar-refractivity contribution is 0.0825. The fraction of sp³-hybridized carbons (Fsp3) is 0.867. The van der Waals surface area contributed by atoms with E-state index < -0.39 is 0 Å². The molecule has 1 fully saturated rings. The van der Waals surface area contributed by atoms with Gasteiger partial charge in [0.1, 0.15) is 0 Å². The summed E-state index contributed by atoms with van der Waals surface area (Å²) in [7, 11) is 0. The van der Waals surface area contributed by atoms with E-state index in [1.54, 1.807) is 0 Å². The molecule has 2 atom stereocenters. The van der Waals surface area contributed by atoms with Crippen LogP contribution in [-0.4, -0.2) is 24.3 Å². The summed E-state index contributed by atoms with van der Waals surface area (Å²) in [6, 6.07) is 0. The maximum atomic E-state index is 5.87. The van der Waals surface area contributed by atoms with Gasteiger partial charge in [-0.05, 0) is 46.5 Å². The van der Waals surface area contributed by atoms with Crippen molar-refractivity contribution in [2.24, 2.45) is 5.92 Å². The lowest BCUT2D eigenvalue weighted by Crippen LogP contribution is -2.37. The Balaban J connectivity index is 2.56. The molecule has 2 unspecified atom stereocenters. The van der Waals surface area contributed by atoms with Crippen LogP contribution in [-0.2, 0) is 4.74 Å². The Labute approximate surface area is 107 Å². The number of ether oxygens (including phenoxy) is 1. The quantitative estimate of drug-likeness (QED) is 0.758. The maximum absolute atomic E-state index is 5.87. The van der Waals surface area contributed by atoms with E-state index in [0.29, 0.717) is 18.1 Å². The van der Waals surface area contributed by atoms with Crippen LogP contribution in [0.3, 0.4) is 0 Å². The van der Waals surface area contributed by atoms with Crippen molar-refractivity contribution in [1.82, 2.24) is 5.32 Å². The Morgan fingerprint density at radius 1 is 1.35 bits per heavy atom. The van der Waals surface area contributed by atoms with Crippen LogP contribution < -0.4 is 5.32 Å². The third-order valence-corrected chi connectivity index (χ3v) is 3.23. The summed E-state index contributed by atoms with van der Waals surface area (Å²) in [6.07, 6.45) is 5.48. The molecule has 1 aliphatic rings. The van der Waals surface area contributed by atoms with E-state index in [-0.39, 0.29) is 5.54 Å². The molecular formula is C15H29NO. The minimum Gasteiger partial charge on any atom is -0.371 e. The van der Waals surface area contributed by atoms with Gasteiger partial charge in [-0.2, -0.15) is 0 Å².